The van der Waals surface area contributed by atoms with Gasteiger partial charge in [-0.25, -0.2) is 13.6 Å². The van der Waals surface area contributed by atoms with Gasteiger partial charge >= 0.3 is 0 Å². The first kappa shape index (κ1) is 19.1. The lowest BCUT2D eigenvalue weighted by Crippen LogP contribution is -2.24. The van der Waals surface area contributed by atoms with Gasteiger partial charge in [-0.3, -0.25) is 4.79 Å². The smallest absolute Gasteiger partial charge is 0.261 e. The number of hydrogen-bond acceptors (Lipinski definition) is 4. The van der Waals surface area contributed by atoms with E-state index in [2.05, 4.69) is 18.3 Å². The van der Waals surface area contributed by atoms with Crippen molar-refractivity contribution in [2.75, 3.05) is 6.54 Å². The lowest BCUT2D eigenvalue weighted by Gasteiger charge is -2.19. The minimum atomic E-state index is -3.67. The monoisotopic (exact) mass is 392 g/mol. The number of nitrogens with one attached hydrogen (secondary N) is 1. The van der Waals surface area contributed by atoms with Crippen molar-refractivity contribution in [3.63, 3.8) is 0 Å². The Bertz CT molecular complexity index is 886. The van der Waals surface area contributed by atoms with E-state index in [1.54, 1.807) is 23.5 Å². The second kappa shape index (κ2) is 7.90. The van der Waals surface area contributed by atoms with Crippen LogP contribution in [0, 0.1) is 5.92 Å². The van der Waals surface area contributed by atoms with Crippen LogP contribution in [0.4, 0.5) is 0 Å². The molecule has 0 aliphatic heterocycles. The number of carbonyl (C=O) groups excluding carboxylic acids is 1. The van der Waals surface area contributed by atoms with Gasteiger partial charge in [-0.15, -0.1) is 11.3 Å². The van der Waals surface area contributed by atoms with Gasteiger partial charge in [-0.05, 0) is 60.9 Å². The number of fused-ring (bicyclic) bond motifs is 1. The Hall–Kier alpha value is -1.70. The molecule has 140 valence electrons. The van der Waals surface area contributed by atoms with Crippen molar-refractivity contribution >= 4 is 27.3 Å². The molecule has 26 heavy (non-hydrogen) atoms. The van der Waals surface area contributed by atoms with Crippen molar-refractivity contribution in [2.45, 2.75) is 43.9 Å². The van der Waals surface area contributed by atoms with E-state index in [9.17, 15) is 13.2 Å². The van der Waals surface area contributed by atoms with Gasteiger partial charge in [0, 0.05) is 11.4 Å². The van der Waals surface area contributed by atoms with E-state index < -0.39 is 10.0 Å². The molecule has 0 bridgehead atoms. The Morgan fingerprint density at radius 2 is 2.04 bits per heavy atom. The van der Waals surface area contributed by atoms with Crippen molar-refractivity contribution in [3.05, 3.63) is 51.2 Å². The zero-order chi connectivity index (χ0) is 18.7. The van der Waals surface area contributed by atoms with Crippen molar-refractivity contribution in [1.29, 1.82) is 0 Å². The Labute approximate surface area is 158 Å². The van der Waals surface area contributed by atoms with Crippen LogP contribution >= 0.6 is 11.3 Å². The van der Waals surface area contributed by atoms with Crippen molar-refractivity contribution in [1.82, 2.24) is 5.32 Å². The molecule has 1 aromatic heterocycles. The van der Waals surface area contributed by atoms with Crippen molar-refractivity contribution < 1.29 is 13.2 Å². The third-order valence-corrected chi connectivity index (χ3v) is 7.10. The molecule has 5 nitrogen and oxygen atoms in total. The van der Waals surface area contributed by atoms with Crippen LogP contribution in [0.3, 0.4) is 0 Å². The third-order valence-electron chi connectivity index (χ3n) is 4.94. The van der Waals surface area contributed by atoms with Gasteiger partial charge in [-0.2, -0.15) is 0 Å². The summed E-state index contributed by atoms with van der Waals surface area (Å²) in [6, 6.07) is 8.48. The van der Waals surface area contributed by atoms with E-state index >= 15 is 0 Å². The number of thiophene rings is 1. The van der Waals surface area contributed by atoms with Crippen LogP contribution in [0.15, 0.2) is 35.2 Å². The number of carbonyl (C=O) groups is 1. The topological polar surface area (TPSA) is 89.3 Å². The second-order valence-electron chi connectivity index (χ2n) is 6.77. The highest BCUT2D eigenvalue weighted by molar-refractivity contribution is 7.89. The molecular formula is C19H24N2O3S2. The molecule has 7 heteroatoms. The molecule has 0 unspecified atom stereocenters. The SMILES string of the molecule is CC[C@H]1CCc2sc(C(=O)NCCc3ccc(S(N)(=O)=O)cc3)cc2C1. The Morgan fingerprint density at radius 1 is 1.31 bits per heavy atom. The molecule has 1 aliphatic carbocycles. The normalized spacial score (nSPS) is 16.9. The maximum atomic E-state index is 12.4. The molecule has 1 aromatic carbocycles. The maximum Gasteiger partial charge on any atom is 0.261 e. The first-order chi connectivity index (χ1) is 12.4. The lowest BCUT2D eigenvalue weighted by atomic mass is 9.87. The summed E-state index contributed by atoms with van der Waals surface area (Å²) in [5, 5.41) is 8.04. The van der Waals surface area contributed by atoms with Crippen LogP contribution in [0.5, 0.6) is 0 Å². The zero-order valence-corrected chi connectivity index (χ0v) is 16.5. The average molecular weight is 393 g/mol. The largest absolute Gasteiger partial charge is 0.351 e. The van der Waals surface area contributed by atoms with Crippen LogP contribution in [0.25, 0.3) is 0 Å². The summed E-state index contributed by atoms with van der Waals surface area (Å²) in [7, 11) is -3.67. The summed E-state index contributed by atoms with van der Waals surface area (Å²) < 4.78 is 22.5. The zero-order valence-electron chi connectivity index (χ0n) is 14.8. The summed E-state index contributed by atoms with van der Waals surface area (Å²) in [5.74, 6) is 0.715. The molecule has 1 amide bonds. The fourth-order valence-corrected chi connectivity index (χ4v) is 4.95. The van der Waals surface area contributed by atoms with Crippen molar-refractivity contribution in [2.24, 2.45) is 11.1 Å². The first-order valence-electron chi connectivity index (χ1n) is 8.88. The highest BCUT2D eigenvalue weighted by Gasteiger charge is 2.21. The predicted molar refractivity (Wildman–Crippen MR) is 104 cm³/mol. The van der Waals surface area contributed by atoms with E-state index in [4.69, 9.17) is 5.14 Å². The van der Waals surface area contributed by atoms with E-state index in [1.165, 1.54) is 35.4 Å². The number of benzene rings is 1. The summed E-state index contributed by atoms with van der Waals surface area (Å²) in [6.45, 7) is 2.73. The molecule has 1 atom stereocenters. The van der Waals surface area contributed by atoms with Crippen LogP contribution < -0.4 is 10.5 Å². The quantitative estimate of drug-likeness (QED) is 0.792. The number of nitrogens with two attached hydrogens (primary N) is 1. The van der Waals surface area contributed by atoms with Crippen LogP contribution in [0.1, 0.15) is 45.4 Å². The average Bonchev–Trinajstić information content (AvgIpc) is 3.04. The van der Waals surface area contributed by atoms with Gasteiger partial charge in [-0.1, -0.05) is 25.5 Å². The van der Waals surface area contributed by atoms with E-state index in [0.717, 1.165) is 29.2 Å². The van der Waals surface area contributed by atoms with E-state index in [-0.39, 0.29) is 10.8 Å². The summed E-state index contributed by atoms with van der Waals surface area (Å²) in [5.41, 5.74) is 2.30. The first-order valence-corrected chi connectivity index (χ1v) is 11.2. The van der Waals surface area contributed by atoms with Gasteiger partial charge in [0.1, 0.15) is 0 Å². The molecule has 0 saturated heterocycles. The summed E-state index contributed by atoms with van der Waals surface area (Å²) >= 11 is 1.61. The fraction of sp³-hybridized carbons (Fsp3) is 0.421. The molecule has 0 fully saturated rings. The highest BCUT2D eigenvalue weighted by Crippen LogP contribution is 2.33. The van der Waals surface area contributed by atoms with Crippen LogP contribution in [-0.2, 0) is 29.3 Å². The Morgan fingerprint density at radius 3 is 2.69 bits per heavy atom. The molecule has 3 N–H and O–H groups in total. The van der Waals surface area contributed by atoms with Gasteiger partial charge in [0.15, 0.2) is 0 Å². The van der Waals surface area contributed by atoms with Crippen LogP contribution in [0.2, 0.25) is 0 Å². The molecule has 1 heterocycles. The number of hydrogen-bond donors (Lipinski definition) is 2. The Kier molecular flexibility index (Phi) is 5.79. The van der Waals surface area contributed by atoms with E-state index in [0.29, 0.717) is 13.0 Å². The summed E-state index contributed by atoms with van der Waals surface area (Å²) in [4.78, 5) is 14.6. The van der Waals surface area contributed by atoms with Gasteiger partial charge in [0.2, 0.25) is 10.0 Å². The van der Waals surface area contributed by atoms with Gasteiger partial charge < -0.3 is 5.32 Å². The minimum absolute atomic E-state index is 0.0291. The lowest BCUT2D eigenvalue weighted by molar-refractivity contribution is 0.0958. The maximum absolute atomic E-state index is 12.4. The second-order valence-corrected chi connectivity index (χ2v) is 9.47. The van der Waals surface area contributed by atoms with Gasteiger partial charge in [0.25, 0.3) is 5.91 Å². The molecule has 0 saturated carbocycles. The fourth-order valence-electron chi connectivity index (χ4n) is 3.31. The molecule has 0 spiro atoms. The number of aryl methyl sites for hydroxylation is 1. The molecule has 2 aromatic rings. The van der Waals surface area contributed by atoms with Gasteiger partial charge in [0.05, 0.1) is 9.77 Å². The summed E-state index contributed by atoms with van der Waals surface area (Å²) in [6.07, 6.45) is 5.23. The standard InChI is InChI=1S/C19H24N2O3S2/c1-2-13-5-8-17-15(11-13)12-18(25-17)19(22)21-10-9-14-3-6-16(7-4-14)26(20,23)24/h3-4,6-7,12-13H,2,5,8-11H2,1H3,(H,21,22)(H2,20,23,24)/t13-/m0/s1. The third kappa shape index (κ3) is 4.52. The molecule has 3 rings (SSSR count). The number of rotatable bonds is 6. The number of amides is 1. The number of sulfonamides is 1. The highest BCUT2D eigenvalue weighted by atomic mass is 32.2. The molecular weight excluding hydrogens is 368 g/mol. The molecule has 1 aliphatic rings. The van der Waals surface area contributed by atoms with Crippen LogP contribution in [-0.4, -0.2) is 20.9 Å². The molecule has 0 radical (unpaired) electrons. The van der Waals surface area contributed by atoms with Crippen molar-refractivity contribution in [3.8, 4) is 0 Å². The minimum Gasteiger partial charge on any atom is -0.351 e. The van der Waals surface area contributed by atoms with E-state index in [1.807, 2.05) is 0 Å². The Balaban J connectivity index is 1.54. The predicted octanol–water partition coefficient (Wildman–Crippen LogP) is 2.88. The number of primary sulfonamides is 1.